The summed E-state index contributed by atoms with van der Waals surface area (Å²) in [6, 6.07) is 0. The van der Waals surface area contributed by atoms with Gasteiger partial charge in [-0.15, -0.1) is 0 Å². The summed E-state index contributed by atoms with van der Waals surface area (Å²) >= 11 is 0. The third-order valence-electron chi connectivity index (χ3n) is 14.7. The predicted molar refractivity (Wildman–Crippen MR) is 164 cm³/mol. The third-order valence-corrected chi connectivity index (χ3v) is 14.7. The van der Waals surface area contributed by atoms with Crippen molar-refractivity contribution in [1.29, 1.82) is 0 Å². The minimum Gasteiger partial charge on any atom is -0.394 e. The van der Waals surface area contributed by atoms with Crippen LogP contribution in [0.5, 0.6) is 0 Å². The fourth-order valence-corrected chi connectivity index (χ4v) is 12.4. The van der Waals surface area contributed by atoms with Crippen LogP contribution in [0.3, 0.4) is 0 Å². The summed E-state index contributed by atoms with van der Waals surface area (Å²) in [6.07, 6.45) is 11.3. The van der Waals surface area contributed by atoms with Crippen molar-refractivity contribution < 1.29 is 25.2 Å². The third kappa shape index (κ3) is 5.28. The van der Waals surface area contributed by atoms with Gasteiger partial charge in [0.15, 0.2) is 0 Å². The van der Waals surface area contributed by atoms with Gasteiger partial charge < -0.3 is 25.2 Å². The normalized spacial score (nSPS) is 50.2. The molecule has 0 aromatic carbocycles. The van der Waals surface area contributed by atoms with Crippen molar-refractivity contribution in [2.75, 3.05) is 6.61 Å². The van der Waals surface area contributed by atoms with Crippen LogP contribution >= 0.6 is 0 Å². The number of hydrogen-bond acceptors (Lipinski definition) is 5. The van der Waals surface area contributed by atoms with Crippen LogP contribution in [-0.2, 0) is 4.74 Å². The first-order valence-electron chi connectivity index (χ1n) is 17.5. The SMILES string of the molecule is CC(C)CCC[C@@H](C[C@@H]1O[C@H](CO)[C@@H](O)[C@H](O)[C@H]1O)[C@H]1CC[C@]2(C)[C@@H]1CC[C@@H]1[C@@]3(C)CCCC(C)(C)[C@@H]3CC[C@]12C. The van der Waals surface area contributed by atoms with E-state index >= 15 is 0 Å². The van der Waals surface area contributed by atoms with Gasteiger partial charge in [0.1, 0.15) is 24.4 Å². The van der Waals surface area contributed by atoms with E-state index in [4.69, 9.17) is 4.74 Å². The van der Waals surface area contributed by atoms with Gasteiger partial charge in [0.05, 0.1) is 12.7 Å². The molecule has 238 valence electrons. The van der Waals surface area contributed by atoms with E-state index in [2.05, 4.69) is 48.5 Å². The highest BCUT2D eigenvalue weighted by Gasteiger charge is 2.68. The van der Waals surface area contributed by atoms with E-state index in [1.807, 2.05) is 0 Å². The summed E-state index contributed by atoms with van der Waals surface area (Å²) in [5.41, 5.74) is 1.61. The lowest BCUT2D eigenvalue weighted by Gasteiger charge is -2.69. The molecule has 0 spiro atoms. The van der Waals surface area contributed by atoms with E-state index in [0.717, 1.165) is 18.3 Å². The minimum atomic E-state index is -1.28. The first-order chi connectivity index (χ1) is 19.2. The Kier molecular flexibility index (Phi) is 9.13. The maximum Gasteiger partial charge on any atom is 0.111 e. The average Bonchev–Trinajstić information content (AvgIpc) is 3.25. The summed E-state index contributed by atoms with van der Waals surface area (Å²) in [7, 11) is 0. The van der Waals surface area contributed by atoms with Crippen molar-refractivity contribution in [2.45, 2.75) is 162 Å². The molecular weight excluding hydrogens is 512 g/mol. The van der Waals surface area contributed by atoms with Gasteiger partial charge in [-0.2, -0.15) is 0 Å². The van der Waals surface area contributed by atoms with Gasteiger partial charge in [-0.05, 0) is 115 Å². The molecule has 4 saturated carbocycles. The summed E-state index contributed by atoms with van der Waals surface area (Å²) in [5, 5.41) is 41.7. The number of ether oxygens (including phenoxy) is 1. The van der Waals surface area contributed by atoms with E-state index in [1.54, 1.807) is 0 Å². The zero-order valence-electron chi connectivity index (χ0n) is 27.4. The smallest absolute Gasteiger partial charge is 0.111 e. The zero-order chi connectivity index (χ0) is 30.0. The molecule has 4 N–H and O–H groups in total. The van der Waals surface area contributed by atoms with Crippen LogP contribution in [0.2, 0.25) is 0 Å². The molecule has 1 saturated heterocycles. The van der Waals surface area contributed by atoms with Gasteiger partial charge in [-0.25, -0.2) is 0 Å². The molecule has 0 aromatic rings. The summed E-state index contributed by atoms with van der Waals surface area (Å²) in [4.78, 5) is 0. The Bertz CT molecular complexity index is 902. The summed E-state index contributed by atoms with van der Waals surface area (Å²) in [6.45, 7) is 17.4. The molecule has 5 fully saturated rings. The van der Waals surface area contributed by atoms with E-state index in [0.29, 0.717) is 51.8 Å². The Morgan fingerprint density at radius 3 is 2.10 bits per heavy atom. The molecule has 0 aromatic heterocycles. The topological polar surface area (TPSA) is 90.2 Å². The maximum atomic E-state index is 11.0. The fraction of sp³-hybridized carbons (Fsp3) is 1.00. The molecule has 1 aliphatic heterocycles. The highest BCUT2D eigenvalue weighted by molar-refractivity contribution is 5.16. The molecule has 1 heterocycles. The lowest BCUT2D eigenvalue weighted by Crippen LogP contribution is -2.62. The highest BCUT2D eigenvalue weighted by Crippen LogP contribution is 2.75. The zero-order valence-corrected chi connectivity index (χ0v) is 27.4. The Morgan fingerprint density at radius 1 is 0.732 bits per heavy atom. The second-order valence-electron chi connectivity index (χ2n) is 17.4. The quantitative estimate of drug-likeness (QED) is 0.257. The van der Waals surface area contributed by atoms with Crippen LogP contribution in [0.4, 0.5) is 0 Å². The largest absolute Gasteiger partial charge is 0.394 e. The molecule has 0 radical (unpaired) electrons. The first-order valence-corrected chi connectivity index (χ1v) is 17.5. The maximum absolute atomic E-state index is 11.0. The van der Waals surface area contributed by atoms with E-state index in [1.165, 1.54) is 70.6 Å². The molecule has 5 heteroatoms. The van der Waals surface area contributed by atoms with Gasteiger partial charge in [0, 0.05) is 0 Å². The minimum absolute atomic E-state index is 0.335. The van der Waals surface area contributed by atoms with Gasteiger partial charge in [0.2, 0.25) is 0 Å². The highest BCUT2D eigenvalue weighted by atomic mass is 16.5. The van der Waals surface area contributed by atoms with Gasteiger partial charge in [-0.3, -0.25) is 0 Å². The average molecular weight is 577 g/mol. The van der Waals surface area contributed by atoms with Crippen LogP contribution < -0.4 is 0 Å². The first kappa shape index (κ1) is 32.2. The molecule has 0 unspecified atom stereocenters. The number of rotatable bonds is 8. The van der Waals surface area contributed by atoms with Crippen molar-refractivity contribution in [2.24, 2.45) is 57.2 Å². The van der Waals surface area contributed by atoms with Crippen molar-refractivity contribution >= 4 is 0 Å². The van der Waals surface area contributed by atoms with Crippen molar-refractivity contribution in [1.82, 2.24) is 0 Å². The number of hydrogen-bond donors (Lipinski definition) is 4. The molecule has 5 aliphatic rings. The molecule has 13 atom stereocenters. The molecule has 5 rings (SSSR count). The van der Waals surface area contributed by atoms with Crippen molar-refractivity contribution in [3.8, 4) is 0 Å². The van der Waals surface area contributed by atoms with Crippen LogP contribution in [0.15, 0.2) is 0 Å². The molecule has 41 heavy (non-hydrogen) atoms. The Balaban J connectivity index is 1.39. The lowest BCUT2D eigenvalue weighted by atomic mass is 9.35. The van der Waals surface area contributed by atoms with E-state index in [9.17, 15) is 20.4 Å². The summed E-state index contributed by atoms with van der Waals surface area (Å²) < 4.78 is 6.10. The van der Waals surface area contributed by atoms with Gasteiger partial charge in [-0.1, -0.05) is 74.1 Å². The van der Waals surface area contributed by atoms with Crippen LogP contribution in [-0.4, -0.2) is 57.6 Å². The molecule has 5 nitrogen and oxygen atoms in total. The number of aliphatic hydroxyl groups is 4. The second-order valence-corrected chi connectivity index (χ2v) is 17.4. The number of fused-ring (bicyclic) bond motifs is 5. The molecule has 0 amide bonds. The monoisotopic (exact) mass is 576 g/mol. The fourth-order valence-electron chi connectivity index (χ4n) is 12.4. The Morgan fingerprint density at radius 2 is 1.41 bits per heavy atom. The molecule has 4 aliphatic carbocycles. The molecular formula is C36H64O5. The molecule has 0 bridgehead atoms. The van der Waals surface area contributed by atoms with Crippen LogP contribution in [0, 0.1) is 57.2 Å². The van der Waals surface area contributed by atoms with Crippen molar-refractivity contribution in [3.63, 3.8) is 0 Å². The standard InChI is InChI=1S/C36H64O5/c1-22(2)10-8-11-23(20-26-30(38)32(40)31(39)27(21-37)41-26)24-14-18-35(6)25(24)12-13-29-34(5)17-9-16-33(3,4)28(34)15-19-36(29,35)7/h22-32,37-40H,8-21H2,1-7H3/t23-,24+,25+,26-,27+,28-,29+,30-,31+,32+,34-,35+,36+/m0/s1. The number of aliphatic hydroxyl groups excluding tert-OH is 4. The lowest BCUT2D eigenvalue weighted by molar-refractivity contribution is -0.234. The van der Waals surface area contributed by atoms with Gasteiger partial charge >= 0.3 is 0 Å². The van der Waals surface area contributed by atoms with Crippen LogP contribution in [0.1, 0.15) is 132 Å². The summed E-state index contributed by atoms with van der Waals surface area (Å²) in [5.74, 6) is 4.02. The Labute approximate surface area is 251 Å². The van der Waals surface area contributed by atoms with Crippen molar-refractivity contribution in [3.05, 3.63) is 0 Å². The Hall–Kier alpha value is -0.200. The predicted octanol–water partition coefficient (Wildman–Crippen LogP) is 6.74. The van der Waals surface area contributed by atoms with Crippen LogP contribution in [0.25, 0.3) is 0 Å². The second kappa shape index (κ2) is 11.6. The van der Waals surface area contributed by atoms with E-state index in [-0.39, 0.29) is 6.61 Å². The van der Waals surface area contributed by atoms with Gasteiger partial charge in [0.25, 0.3) is 0 Å². The van der Waals surface area contributed by atoms with E-state index < -0.39 is 30.5 Å².